The Morgan fingerprint density at radius 2 is 2.24 bits per heavy atom. The molecule has 0 amide bonds. The number of likely N-dealkylation sites (N-methyl/N-ethyl adjacent to an activating group) is 1. The summed E-state index contributed by atoms with van der Waals surface area (Å²) in [6.45, 7) is 1.93. The van der Waals surface area contributed by atoms with Gasteiger partial charge in [-0.05, 0) is 44.0 Å². The Labute approximate surface area is 111 Å². The molecule has 0 aromatic heterocycles. The molecule has 3 heteroatoms. The maximum Gasteiger partial charge on any atom is 0.0703 e. The number of rotatable bonds is 5. The quantitative estimate of drug-likeness (QED) is 0.833. The van der Waals surface area contributed by atoms with Gasteiger partial charge in [-0.25, -0.2) is 0 Å². The van der Waals surface area contributed by atoms with Gasteiger partial charge >= 0.3 is 0 Å². The summed E-state index contributed by atoms with van der Waals surface area (Å²) >= 11 is 3.48. The van der Waals surface area contributed by atoms with Gasteiger partial charge in [-0.15, -0.1) is 0 Å². The molecule has 90 valence electrons. The van der Waals surface area contributed by atoms with Crippen LogP contribution >= 0.6 is 15.9 Å². The summed E-state index contributed by atoms with van der Waals surface area (Å²) in [6, 6.07) is 10.9. The molecule has 0 aliphatic heterocycles. The van der Waals surface area contributed by atoms with Crippen LogP contribution in [0.1, 0.15) is 18.4 Å². The topological polar surface area (TPSA) is 27.0 Å². The zero-order valence-corrected chi connectivity index (χ0v) is 11.7. The molecule has 0 radical (unpaired) electrons. The standard InChI is InChI=1S/C14H17BrN2/c1-17(11-14(10-16)6-7-14)8-5-12-3-2-4-13(15)9-12/h2-4,9H,5-8,11H2,1H3. The fraction of sp³-hybridized carbons (Fsp3) is 0.500. The molecule has 17 heavy (non-hydrogen) atoms. The first-order chi connectivity index (χ1) is 8.13. The molecule has 1 aliphatic carbocycles. The fourth-order valence-electron chi connectivity index (χ4n) is 2.06. The molecule has 2 rings (SSSR count). The molecule has 0 atom stereocenters. The fourth-order valence-corrected chi connectivity index (χ4v) is 2.51. The summed E-state index contributed by atoms with van der Waals surface area (Å²) in [6.07, 6.45) is 3.19. The molecule has 1 aliphatic rings. The van der Waals surface area contributed by atoms with E-state index in [9.17, 15) is 0 Å². The Hall–Kier alpha value is -0.850. The average Bonchev–Trinajstić information content (AvgIpc) is 3.07. The predicted octanol–water partition coefficient (Wildman–Crippen LogP) is 3.23. The Balaban J connectivity index is 1.80. The highest BCUT2D eigenvalue weighted by Gasteiger charge is 2.43. The maximum absolute atomic E-state index is 9.04. The van der Waals surface area contributed by atoms with Crippen LogP contribution in [0, 0.1) is 16.7 Å². The van der Waals surface area contributed by atoms with Crippen molar-refractivity contribution < 1.29 is 0 Å². The zero-order valence-electron chi connectivity index (χ0n) is 10.1. The molecular weight excluding hydrogens is 276 g/mol. The number of hydrogen-bond acceptors (Lipinski definition) is 2. The van der Waals surface area contributed by atoms with Gasteiger partial charge in [0.05, 0.1) is 11.5 Å². The molecule has 2 nitrogen and oxygen atoms in total. The van der Waals surface area contributed by atoms with E-state index in [0.717, 1.165) is 36.8 Å². The molecule has 1 aromatic rings. The minimum absolute atomic E-state index is 0.0218. The third-order valence-electron chi connectivity index (χ3n) is 3.33. The first kappa shape index (κ1) is 12.6. The van der Waals surface area contributed by atoms with Crippen LogP contribution in [0.3, 0.4) is 0 Å². The number of halogens is 1. The van der Waals surface area contributed by atoms with E-state index in [-0.39, 0.29) is 5.41 Å². The smallest absolute Gasteiger partial charge is 0.0703 e. The van der Waals surface area contributed by atoms with Crippen LogP contribution in [0.15, 0.2) is 28.7 Å². The van der Waals surface area contributed by atoms with E-state index < -0.39 is 0 Å². The van der Waals surface area contributed by atoms with Crippen molar-refractivity contribution in [1.82, 2.24) is 4.90 Å². The van der Waals surface area contributed by atoms with Crippen molar-refractivity contribution in [2.45, 2.75) is 19.3 Å². The van der Waals surface area contributed by atoms with Crippen LogP contribution in [0.2, 0.25) is 0 Å². The molecule has 0 N–H and O–H groups in total. The number of nitrogens with zero attached hydrogens (tertiary/aromatic N) is 2. The van der Waals surface area contributed by atoms with Gasteiger partial charge in [-0.1, -0.05) is 28.1 Å². The van der Waals surface area contributed by atoms with Crippen LogP contribution in [-0.4, -0.2) is 25.0 Å². The second-order valence-corrected chi connectivity index (χ2v) is 5.93. The minimum atomic E-state index is -0.0218. The highest BCUT2D eigenvalue weighted by Crippen LogP contribution is 2.45. The van der Waals surface area contributed by atoms with Crippen molar-refractivity contribution >= 4 is 15.9 Å². The second kappa shape index (κ2) is 5.20. The highest BCUT2D eigenvalue weighted by molar-refractivity contribution is 9.10. The monoisotopic (exact) mass is 292 g/mol. The van der Waals surface area contributed by atoms with Crippen LogP contribution in [0.4, 0.5) is 0 Å². The molecule has 0 spiro atoms. The largest absolute Gasteiger partial charge is 0.304 e. The van der Waals surface area contributed by atoms with Gasteiger partial charge in [0.1, 0.15) is 0 Å². The van der Waals surface area contributed by atoms with E-state index in [4.69, 9.17) is 5.26 Å². The van der Waals surface area contributed by atoms with Gasteiger partial charge in [0.2, 0.25) is 0 Å². The van der Waals surface area contributed by atoms with Gasteiger partial charge in [-0.3, -0.25) is 0 Å². The number of nitriles is 1. The number of benzene rings is 1. The summed E-state index contributed by atoms with van der Waals surface area (Å²) in [7, 11) is 2.11. The summed E-state index contributed by atoms with van der Waals surface area (Å²) in [4.78, 5) is 2.27. The molecule has 0 unspecified atom stereocenters. The molecule has 0 bridgehead atoms. The Bertz CT molecular complexity index is 432. The van der Waals surface area contributed by atoms with Gasteiger partial charge in [-0.2, -0.15) is 5.26 Å². The van der Waals surface area contributed by atoms with Gasteiger partial charge in [0.25, 0.3) is 0 Å². The SMILES string of the molecule is CN(CCc1cccc(Br)c1)CC1(C#N)CC1. The van der Waals surface area contributed by atoms with E-state index in [1.165, 1.54) is 5.56 Å². The third kappa shape index (κ3) is 3.55. The Kier molecular flexibility index (Phi) is 3.86. The lowest BCUT2D eigenvalue weighted by atomic mass is 10.1. The molecule has 0 saturated heterocycles. The van der Waals surface area contributed by atoms with Crippen molar-refractivity contribution in [3.05, 3.63) is 34.3 Å². The van der Waals surface area contributed by atoms with Crippen molar-refractivity contribution in [1.29, 1.82) is 5.26 Å². The lowest BCUT2D eigenvalue weighted by molar-refractivity contribution is 0.297. The van der Waals surface area contributed by atoms with Crippen molar-refractivity contribution in [3.63, 3.8) is 0 Å². The highest BCUT2D eigenvalue weighted by atomic mass is 79.9. The number of hydrogen-bond donors (Lipinski definition) is 0. The first-order valence-electron chi connectivity index (χ1n) is 5.98. The average molecular weight is 293 g/mol. The third-order valence-corrected chi connectivity index (χ3v) is 3.83. The van der Waals surface area contributed by atoms with Crippen LogP contribution in [-0.2, 0) is 6.42 Å². The van der Waals surface area contributed by atoms with Crippen molar-refractivity contribution in [2.75, 3.05) is 20.1 Å². The maximum atomic E-state index is 9.04. The van der Waals surface area contributed by atoms with Crippen molar-refractivity contribution in [3.8, 4) is 6.07 Å². The van der Waals surface area contributed by atoms with Gasteiger partial charge in [0, 0.05) is 17.6 Å². The lowest BCUT2D eigenvalue weighted by Crippen LogP contribution is -2.28. The molecule has 0 heterocycles. The van der Waals surface area contributed by atoms with Crippen LogP contribution in [0.5, 0.6) is 0 Å². The molecule has 1 aromatic carbocycles. The van der Waals surface area contributed by atoms with E-state index in [1.54, 1.807) is 0 Å². The molecule has 1 saturated carbocycles. The molecular formula is C14H17BrN2. The summed E-state index contributed by atoms with van der Waals surface area (Å²) in [5.74, 6) is 0. The van der Waals surface area contributed by atoms with Gasteiger partial charge < -0.3 is 4.90 Å². The van der Waals surface area contributed by atoms with Crippen LogP contribution < -0.4 is 0 Å². The summed E-state index contributed by atoms with van der Waals surface area (Å²) < 4.78 is 1.13. The first-order valence-corrected chi connectivity index (χ1v) is 6.77. The summed E-state index contributed by atoms with van der Waals surface area (Å²) in [5, 5.41) is 9.04. The predicted molar refractivity (Wildman–Crippen MR) is 72.6 cm³/mol. The normalized spacial score (nSPS) is 16.8. The molecule has 1 fully saturated rings. The van der Waals surface area contributed by atoms with Crippen LogP contribution in [0.25, 0.3) is 0 Å². The Morgan fingerprint density at radius 3 is 2.82 bits per heavy atom. The van der Waals surface area contributed by atoms with E-state index in [1.807, 2.05) is 6.07 Å². The minimum Gasteiger partial charge on any atom is -0.304 e. The van der Waals surface area contributed by atoms with Crippen molar-refractivity contribution in [2.24, 2.45) is 5.41 Å². The Morgan fingerprint density at radius 1 is 1.47 bits per heavy atom. The van der Waals surface area contributed by atoms with E-state index in [2.05, 4.69) is 52.1 Å². The second-order valence-electron chi connectivity index (χ2n) is 5.01. The van der Waals surface area contributed by atoms with Gasteiger partial charge in [0.15, 0.2) is 0 Å². The lowest BCUT2D eigenvalue weighted by Gasteiger charge is -2.19. The summed E-state index contributed by atoms with van der Waals surface area (Å²) in [5.41, 5.74) is 1.32. The van der Waals surface area contributed by atoms with E-state index >= 15 is 0 Å². The zero-order chi connectivity index (χ0) is 12.3. The van der Waals surface area contributed by atoms with E-state index in [0.29, 0.717) is 0 Å².